The Kier molecular flexibility index (Phi) is 5.63. The van der Waals surface area contributed by atoms with E-state index in [4.69, 9.17) is 11.6 Å². The van der Waals surface area contributed by atoms with Gasteiger partial charge in [-0.2, -0.15) is 0 Å². The van der Waals surface area contributed by atoms with Crippen LogP contribution in [0.25, 0.3) is 5.69 Å². The first-order valence-corrected chi connectivity index (χ1v) is 10.7. The largest absolute Gasteiger partial charge is 0.481 e. The van der Waals surface area contributed by atoms with Crippen molar-refractivity contribution in [1.82, 2.24) is 9.47 Å². The number of carbonyl (C=O) groups excluding carboxylic acids is 1. The molecule has 4 rings (SSSR count). The second-order valence-corrected chi connectivity index (χ2v) is 8.58. The van der Waals surface area contributed by atoms with E-state index in [0.717, 1.165) is 22.6 Å². The third-order valence-corrected chi connectivity index (χ3v) is 6.64. The number of amides is 1. The highest BCUT2D eigenvalue weighted by atomic mass is 35.5. The summed E-state index contributed by atoms with van der Waals surface area (Å²) in [5.41, 5.74) is 3.28. The molecular formula is C25H25ClN2O3. The van der Waals surface area contributed by atoms with E-state index in [0.29, 0.717) is 36.5 Å². The van der Waals surface area contributed by atoms with Crippen LogP contribution in [-0.2, 0) is 10.2 Å². The van der Waals surface area contributed by atoms with Gasteiger partial charge >= 0.3 is 5.97 Å². The number of carbonyl (C=O) groups is 2. The standard InChI is InChI=1S/C25H25ClN2O3/c1-17-16-22(18(2)28(17)21-10-8-20(26)9-11-21)23(29)27-14-12-25(13-15-27,24(30)31)19-6-4-3-5-7-19/h3-11,16H,12-15H2,1-2H3,(H,30,31). The average Bonchev–Trinajstić information content (AvgIpc) is 3.08. The summed E-state index contributed by atoms with van der Waals surface area (Å²) >= 11 is 6.01. The van der Waals surface area contributed by atoms with Crippen LogP contribution in [-0.4, -0.2) is 39.5 Å². The molecule has 160 valence electrons. The van der Waals surface area contributed by atoms with E-state index in [1.807, 2.05) is 79.1 Å². The summed E-state index contributed by atoms with van der Waals surface area (Å²) in [6.45, 7) is 4.72. The van der Waals surface area contributed by atoms with Gasteiger partial charge in [0.2, 0.25) is 0 Å². The van der Waals surface area contributed by atoms with Crippen LogP contribution in [0, 0.1) is 13.8 Å². The lowest BCUT2D eigenvalue weighted by atomic mass is 9.73. The molecule has 31 heavy (non-hydrogen) atoms. The molecule has 1 aliphatic rings. The predicted molar refractivity (Wildman–Crippen MR) is 121 cm³/mol. The lowest BCUT2D eigenvalue weighted by Gasteiger charge is -2.39. The van der Waals surface area contributed by atoms with E-state index < -0.39 is 11.4 Å². The molecule has 1 aliphatic heterocycles. The van der Waals surface area contributed by atoms with Gasteiger partial charge in [-0.3, -0.25) is 9.59 Å². The minimum Gasteiger partial charge on any atom is -0.481 e. The van der Waals surface area contributed by atoms with E-state index in [1.165, 1.54) is 0 Å². The van der Waals surface area contributed by atoms with Gasteiger partial charge in [-0.05, 0) is 62.6 Å². The van der Waals surface area contributed by atoms with Crippen LogP contribution < -0.4 is 0 Å². The third kappa shape index (κ3) is 3.74. The van der Waals surface area contributed by atoms with Crippen molar-refractivity contribution in [3.63, 3.8) is 0 Å². The van der Waals surface area contributed by atoms with Gasteiger partial charge in [-0.15, -0.1) is 0 Å². The summed E-state index contributed by atoms with van der Waals surface area (Å²) in [5.74, 6) is -0.882. The van der Waals surface area contributed by atoms with Crippen molar-refractivity contribution in [3.05, 3.63) is 88.2 Å². The number of halogens is 1. The fraction of sp³-hybridized carbons (Fsp3) is 0.280. The normalized spacial score (nSPS) is 15.6. The maximum absolute atomic E-state index is 13.3. The van der Waals surface area contributed by atoms with Crippen LogP contribution in [0.5, 0.6) is 0 Å². The molecular weight excluding hydrogens is 412 g/mol. The SMILES string of the molecule is Cc1cc(C(=O)N2CCC(C(=O)O)(c3ccccc3)CC2)c(C)n1-c1ccc(Cl)cc1. The number of piperidine rings is 1. The number of hydrogen-bond acceptors (Lipinski definition) is 2. The fourth-order valence-corrected chi connectivity index (χ4v) is 4.74. The van der Waals surface area contributed by atoms with E-state index in [1.54, 1.807) is 4.90 Å². The molecule has 0 spiro atoms. The van der Waals surface area contributed by atoms with Crippen molar-refractivity contribution in [2.75, 3.05) is 13.1 Å². The Bertz CT molecular complexity index is 1110. The van der Waals surface area contributed by atoms with Crippen molar-refractivity contribution in [2.24, 2.45) is 0 Å². The minimum atomic E-state index is -0.946. The molecule has 3 aromatic rings. The highest BCUT2D eigenvalue weighted by molar-refractivity contribution is 6.30. The van der Waals surface area contributed by atoms with E-state index in [2.05, 4.69) is 0 Å². The van der Waals surface area contributed by atoms with Crippen LogP contribution in [0.4, 0.5) is 0 Å². The molecule has 5 nitrogen and oxygen atoms in total. The van der Waals surface area contributed by atoms with Gasteiger partial charge < -0.3 is 14.6 Å². The van der Waals surface area contributed by atoms with Crippen molar-refractivity contribution in [1.29, 1.82) is 0 Å². The van der Waals surface area contributed by atoms with Crippen LogP contribution >= 0.6 is 11.6 Å². The van der Waals surface area contributed by atoms with Crippen LogP contribution in [0.1, 0.15) is 40.2 Å². The van der Waals surface area contributed by atoms with E-state index in [9.17, 15) is 14.7 Å². The molecule has 1 saturated heterocycles. The number of benzene rings is 2. The molecule has 1 amide bonds. The minimum absolute atomic E-state index is 0.0552. The number of likely N-dealkylation sites (tertiary alicyclic amines) is 1. The molecule has 1 N–H and O–H groups in total. The van der Waals surface area contributed by atoms with Gasteiger partial charge in [0, 0.05) is 35.2 Å². The van der Waals surface area contributed by atoms with Crippen LogP contribution in [0.3, 0.4) is 0 Å². The molecule has 0 aliphatic carbocycles. The second kappa shape index (κ2) is 8.23. The molecule has 0 bridgehead atoms. The summed E-state index contributed by atoms with van der Waals surface area (Å²) in [6.07, 6.45) is 0.794. The van der Waals surface area contributed by atoms with Gasteiger partial charge in [0.15, 0.2) is 0 Å². The van der Waals surface area contributed by atoms with Crippen LogP contribution in [0.2, 0.25) is 5.02 Å². The van der Waals surface area contributed by atoms with Gasteiger partial charge in [0.05, 0.1) is 11.0 Å². The lowest BCUT2D eigenvalue weighted by molar-refractivity contribution is -0.145. The number of hydrogen-bond donors (Lipinski definition) is 1. The Morgan fingerprint density at radius 3 is 2.16 bits per heavy atom. The number of rotatable bonds is 4. The quantitative estimate of drug-likeness (QED) is 0.625. The Labute approximate surface area is 186 Å². The van der Waals surface area contributed by atoms with Crippen molar-refractivity contribution in [2.45, 2.75) is 32.1 Å². The Morgan fingerprint density at radius 2 is 1.58 bits per heavy atom. The van der Waals surface area contributed by atoms with Gasteiger partial charge in [-0.25, -0.2) is 0 Å². The Morgan fingerprint density at radius 1 is 0.968 bits per heavy atom. The summed E-state index contributed by atoms with van der Waals surface area (Å²) in [4.78, 5) is 27.3. The zero-order chi connectivity index (χ0) is 22.2. The van der Waals surface area contributed by atoms with Crippen molar-refractivity contribution in [3.8, 4) is 5.69 Å². The smallest absolute Gasteiger partial charge is 0.314 e. The number of aliphatic carboxylic acids is 1. The number of carboxylic acid groups (broad SMARTS) is 1. The van der Waals surface area contributed by atoms with Gasteiger partial charge in [-0.1, -0.05) is 41.9 Å². The van der Waals surface area contributed by atoms with Crippen molar-refractivity contribution >= 4 is 23.5 Å². The average molecular weight is 437 g/mol. The topological polar surface area (TPSA) is 62.5 Å². The van der Waals surface area contributed by atoms with Crippen LogP contribution in [0.15, 0.2) is 60.7 Å². The molecule has 1 aromatic heterocycles. The molecule has 2 aromatic carbocycles. The number of aromatic nitrogens is 1. The fourth-order valence-electron chi connectivity index (χ4n) is 4.61. The molecule has 2 heterocycles. The zero-order valence-corrected chi connectivity index (χ0v) is 18.4. The molecule has 6 heteroatoms. The van der Waals surface area contributed by atoms with Crippen molar-refractivity contribution < 1.29 is 14.7 Å². The maximum atomic E-state index is 13.3. The van der Waals surface area contributed by atoms with E-state index >= 15 is 0 Å². The highest BCUT2D eigenvalue weighted by Gasteiger charge is 2.44. The highest BCUT2D eigenvalue weighted by Crippen LogP contribution is 2.36. The summed E-state index contributed by atoms with van der Waals surface area (Å²) in [5, 5.41) is 10.7. The van der Waals surface area contributed by atoms with Gasteiger partial charge in [0.1, 0.15) is 0 Å². The lowest BCUT2D eigenvalue weighted by Crippen LogP contribution is -2.49. The second-order valence-electron chi connectivity index (χ2n) is 8.14. The molecule has 0 atom stereocenters. The molecule has 0 unspecified atom stereocenters. The Balaban J connectivity index is 1.58. The monoisotopic (exact) mass is 436 g/mol. The third-order valence-electron chi connectivity index (χ3n) is 6.39. The molecule has 0 radical (unpaired) electrons. The summed E-state index contributed by atoms with van der Waals surface area (Å²) in [7, 11) is 0. The summed E-state index contributed by atoms with van der Waals surface area (Å²) in [6, 6.07) is 18.8. The number of nitrogens with zero attached hydrogens (tertiary/aromatic N) is 2. The zero-order valence-electron chi connectivity index (χ0n) is 17.6. The summed E-state index contributed by atoms with van der Waals surface area (Å²) < 4.78 is 2.04. The number of carboxylic acids is 1. The predicted octanol–water partition coefficient (Wildman–Crippen LogP) is 5.01. The molecule has 1 fully saturated rings. The van der Waals surface area contributed by atoms with E-state index in [-0.39, 0.29) is 5.91 Å². The molecule has 0 saturated carbocycles. The van der Waals surface area contributed by atoms with Gasteiger partial charge in [0.25, 0.3) is 5.91 Å². The first-order valence-electron chi connectivity index (χ1n) is 10.4. The first kappa shape index (κ1) is 21.2. The first-order chi connectivity index (χ1) is 14.8. The number of aryl methyl sites for hydroxylation is 1. The maximum Gasteiger partial charge on any atom is 0.314 e. The Hall–Kier alpha value is -3.05.